The third kappa shape index (κ3) is 3.63. The molecule has 3 rings (SSSR count). The van der Waals surface area contributed by atoms with Crippen LogP contribution in [-0.4, -0.2) is 12.6 Å². The lowest BCUT2D eigenvalue weighted by Gasteiger charge is -2.32. The molecule has 1 N–H and O–H groups in total. The van der Waals surface area contributed by atoms with Crippen molar-refractivity contribution in [2.75, 3.05) is 6.54 Å². The van der Waals surface area contributed by atoms with Gasteiger partial charge < -0.3 is 5.32 Å². The van der Waals surface area contributed by atoms with Crippen molar-refractivity contribution in [3.63, 3.8) is 0 Å². The van der Waals surface area contributed by atoms with E-state index in [1.807, 2.05) is 0 Å². The van der Waals surface area contributed by atoms with Crippen LogP contribution in [0.5, 0.6) is 0 Å². The van der Waals surface area contributed by atoms with Gasteiger partial charge in [-0.25, -0.2) is 0 Å². The van der Waals surface area contributed by atoms with Gasteiger partial charge >= 0.3 is 0 Å². The fraction of sp³-hybridized carbons (Fsp3) is 0.684. The van der Waals surface area contributed by atoms with Crippen LogP contribution >= 0.6 is 0 Å². The van der Waals surface area contributed by atoms with E-state index in [0.29, 0.717) is 0 Å². The predicted octanol–water partition coefficient (Wildman–Crippen LogP) is 4.40. The van der Waals surface area contributed by atoms with Crippen LogP contribution < -0.4 is 5.32 Å². The molecular weight excluding hydrogens is 242 g/mol. The third-order valence-corrected chi connectivity index (χ3v) is 5.38. The second kappa shape index (κ2) is 6.30. The van der Waals surface area contributed by atoms with Crippen LogP contribution in [0.2, 0.25) is 0 Å². The molecule has 0 amide bonds. The minimum Gasteiger partial charge on any atom is -0.314 e. The highest BCUT2D eigenvalue weighted by molar-refractivity contribution is 5.30. The van der Waals surface area contributed by atoms with E-state index in [1.54, 1.807) is 5.56 Å². The van der Waals surface area contributed by atoms with Crippen LogP contribution in [0.1, 0.15) is 55.2 Å². The lowest BCUT2D eigenvalue weighted by molar-refractivity contribution is 0.228. The van der Waals surface area contributed by atoms with E-state index >= 15 is 0 Å². The Morgan fingerprint density at radius 1 is 0.950 bits per heavy atom. The summed E-state index contributed by atoms with van der Waals surface area (Å²) in [5, 5.41) is 3.76. The maximum atomic E-state index is 3.76. The number of hydrogen-bond donors (Lipinski definition) is 1. The van der Waals surface area contributed by atoms with Gasteiger partial charge in [0.25, 0.3) is 0 Å². The molecule has 1 heteroatoms. The van der Waals surface area contributed by atoms with Crippen LogP contribution in [0, 0.1) is 25.7 Å². The van der Waals surface area contributed by atoms with Gasteiger partial charge in [-0.1, -0.05) is 31.0 Å². The van der Waals surface area contributed by atoms with Crippen LogP contribution in [0.4, 0.5) is 0 Å². The summed E-state index contributed by atoms with van der Waals surface area (Å²) in [5.74, 6) is 1.81. The largest absolute Gasteiger partial charge is 0.314 e. The molecule has 2 unspecified atom stereocenters. The van der Waals surface area contributed by atoms with Crippen molar-refractivity contribution in [2.45, 2.75) is 64.8 Å². The molecule has 0 saturated heterocycles. The van der Waals surface area contributed by atoms with Crippen molar-refractivity contribution in [1.29, 1.82) is 0 Å². The number of aryl methyl sites for hydroxylation is 2. The Morgan fingerprint density at radius 3 is 2.40 bits per heavy atom. The summed E-state index contributed by atoms with van der Waals surface area (Å²) in [7, 11) is 0. The summed E-state index contributed by atoms with van der Waals surface area (Å²) < 4.78 is 0. The van der Waals surface area contributed by atoms with Gasteiger partial charge in [0.15, 0.2) is 0 Å². The summed E-state index contributed by atoms with van der Waals surface area (Å²) >= 11 is 0. The second-order valence-corrected chi connectivity index (χ2v) is 7.11. The van der Waals surface area contributed by atoms with Gasteiger partial charge in [-0.2, -0.15) is 0 Å². The molecular formula is C19H29N. The summed E-state index contributed by atoms with van der Waals surface area (Å²) in [5.41, 5.74) is 4.42. The molecule has 1 aromatic carbocycles. The highest BCUT2D eigenvalue weighted by atomic mass is 14.9. The van der Waals surface area contributed by atoms with E-state index in [9.17, 15) is 0 Å². The molecule has 0 bridgehead atoms. The third-order valence-electron chi connectivity index (χ3n) is 5.38. The first kappa shape index (κ1) is 14.1. The Balaban J connectivity index is 1.61. The van der Waals surface area contributed by atoms with Crippen molar-refractivity contribution in [1.82, 2.24) is 5.32 Å². The van der Waals surface area contributed by atoms with E-state index in [-0.39, 0.29) is 0 Å². The zero-order valence-corrected chi connectivity index (χ0v) is 13.1. The van der Waals surface area contributed by atoms with Crippen molar-refractivity contribution in [3.8, 4) is 0 Å². The first-order valence-corrected chi connectivity index (χ1v) is 8.52. The zero-order chi connectivity index (χ0) is 13.9. The molecule has 2 saturated carbocycles. The maximum absolute atomic E-state index is 3.76. The standard InChI is InChI=1S/C19H29N/c1-14-7-8-16(11-15(14)2)12-17-5-3-4-6-18(17)13-20-19-9-10-19/h7-8,11,17-20H,3-6,9-10,12-13H2,1-2H3. The lowest BCUT2D eigenvalue weighted by Crippen LogP contribution is -2.32. The number of nitrogens with one attached hydrogen (secondary N) is 1. The van der Waals surface area contributed by atoms with Crippen molar-refractivity contribution in [2.24, 2.45) is 11.8 Å². The maximum Gasteiger partial charge on any atom is 0.00683 e. The molecule has 2 fully saturated rings. The normalized spacial score (nSPS) is 26.7. The van der Waals surface area contributed by atoms with E-state index < -0.39 is 0 Å². The molecule has 1 nitrogen and oxygen atoms in total. The molecule has 2 atom stereocenters. The van der Waals surface area contributed by atoms with Gasteiger partial charge in [-0.15, -0.1) is 0 Å². The molecule has 2 aliphatic carbocycles. The Labute approximate surface area is 124 Å². The topological polar surface area (TPSA) is 12.0 Å². The summed E-state index contributed by atoms with van der Waals surface area (Å²) in [6.07, 6.45) is 9.87. The average molecular weight is 271 g/mol. The smallest absolute Gasteiger partial charge is 0.00683 e. The van der Waals surface area contributed by atoms with E-state index in [4.69, 9.17) is 0 Å². The second-order valence-electron chi connectivity index (χ2n) is 7.11. The summed E-state index contributed by atoms with van der Waals surface area (Å²) in [4.78, 5) is 0. The lowest BCUT2D eigenvalue weighted by atomic mass is 9.76. The first-order valence-electron chi connectivity index (χ1n) is 8.52. The average Bonchev–Trinajstić information content (AvgIpc) is 3.26. The highest BCUT2D eigenvalue weighted by Gasteiger charge is 2.28. The molecule has 0 radical (unpaired) electrons. The Morgan fingerprint density at radius 2 is 1.70 bits per heavy atom. The Hall–Kier alpha value is -0.820. The van der Waals surface area contributed by atoms with E-state index in [1.165, 1.54) is 62.6 Å². The van der Waals surface area contributed by atoms with Crippen molar-refractivity contribution in [3.05, 3.63) is 34.9 Å². The van der Waals surface area contributed by atoms with Crippen LogP contribution in [-0.2, 0) is 6.42 Å². The van der Waals surface area contributed by atoms with Crippen molar-refractivity contribution >= 4 is 0 Å². The quantitative estimate of drug-likeness (QED) is 0.836. The number of benzene rings is 1. The van der Waals surface area contributed by atoms with Crippen LogP contribution in [0.3, 0.4) is 0 Å². The zero-order valence-electron chi connectivity index (χ0n) is 13.1. The minimum absolute atomic E-state index is 0.860. The minimum atomic E-state index is 0.860. The van der Waals surface area contributed by atoms with E-state index in [0.717, 1.165) is 17.9 Å². The molecule has 0 aliphatic heterocycles. The summed E-state index contributed by atoms with van der Waals surface area (Å²) in [6, 6.07) is 7.92. The fourth-order valence-electron chi connectivity index (χ4n) is 3.66. The molecule has 2 aliphatic rings. The van der Waals surface area contributed by atoms with Gasteiger partial charge in [-0.3, -0.25) is 0 Å². The van der Waals surface area contributed by atoms with Gasteiger partial charge in [-0.05, 0) is 81.0 Å². The van der Waals surface area contributed by atoms with Gasteiger partial charge in [0.1, 0.15) is 0 Å². The predicted molar refractivity (Wildman–Crippen MR) is 86.1 cm³/mol. The van der Waals surface area contributed by atoms with Crippen molar-refractivity contribution < 1.29 is 0 Å². The Bertz CT molecular complexity index is 447. The molecule has 0 spiro atoms. The number of hydrogen-bond acceptors (Lipinski definition) is 1. The molecule has 0 aromatic heterocycles. The molecule has 20 heavy (non-hydrogen) atoms. The first-order chi connectivity index (χ1) is 9.72. The van der Waals surface area contributed by atoms with E-state index in [2.05, 4.69) is 37.4 Å². The van der Waals surface area contributed by atoms with Gasteiger partial charge in [0.05, 0.1) is 0 Å². The molecule has 0 heterocycles. The molecule has 1 aromatic rings. The highest BCUT2D eigenvalue weighted by Crippen LogP contribution is 2.33. The molecule has 110 valence electrons. The van der Waals surface area contributed by atoms with Crippen LogP contribution in [0.25, 0.3) is 0 Å². The number of rotatable bonds is 5. The van der Waals surface area contributed by atoms with Gasteiger partial charge in [0.2, 0.25) is 0 Å². The SMILES string of the molecule is Cc1ccc(CC2CCCCC2CNC2CC2)cc1C. The Kier molecular flexibility index (Phi) is 4.45. The monoisotopic (exact) mass is 271 g/mol. The summed E-state index contributed by atoms with van der Waals surface area (Å²) in [6.45, 7) is 5.72. The fourth-order valence-corrected chi connectivity index (χ4v) is 3.66. The van der Waals surface area contributed by atoms with Gasteiger partial charge in [0, 0.05) is 6.04 Å². The van der Waals surface area contributed by atoms with Crippen LogP contribution in [0.15, 0.2) is 18.2 Å².